The number of aliphatic hydroxyl groups is 3. The van der Waals surface area contributed by atoms with E-state index in [0.29, 0.717) is 0 Å². The van der Waals surface area contributed by atoms with E-state index < -0.39 is 65.3 Å². The number of hydrogen-bond acceptors (Lipinski definition) is 10. The van der Waals surface area contributed by atoms with Gasteiger partial charge in [0, 0.05) is 22.4 Å². The quantitative estimate of drug-likeness (QED) is 0.129. The number of aliphatic hydroxyl groups excluding tert-OH is 3. The van der Waals surface area contributed by atoms with Gasteiger partial charge in [0.25, 0.3) is 0 Å². The van der Waals surface area contributed by atoms with E-state index in [1.54, 1.807) is 0 Å². The Morgan fingerprint density at radius 1 is 1.15 bits per heavy atom. The zero-order valence-corrected chi connectivity index (χ0v) is 21.0. The summed E-state index contributed by atoms with van der Waals surface area (Å²) in [5.74, 6) is 8.63. The third kappa shape index (κ3) is 3.24. The van der Waals surface area contributed by atoms with Crippen molar-refractivity contribution < 1.29 is 39.5 Å². The maximum absolute atomic E-state index is 14.0. The summed E-state index contributed by atoms with van der Waals surface area (Å²) < 4.78 is 6.14. The zero-order valence-electron chi connectivity index (χ0n) is 21.0. The van der Waals surface area contributed by atoms with Crippen LogP contribution in [0.2, 0.25) is 0 Å². The van der Waals surface area contributed by atoms with Gasteiger partial charge in [-0.15, -0.1) is 0 Å². The molecule has 1 fully saturated rings. The molecule has 2 heterocycles. The molecular weight excluding hydrogens is 518 g/mol. The molecule has 0 aromatic heterocycles. The molecule has 11 nitrogen and oxygen atoms in total. The number of amides is 1. The number of nitrogens with two attached hydrogens (primary N) is 1. The number of anilines is 2. The van der Waals surface area contributed by atoms with Gasteiger partial charge >= 0.3 is 0 Å². The summed E-state index contributed by atoms with van der Waals surface area (Å²) in [6, 6.07) is 3.16. The molecule has 1 unspecified atom stereocenters. The van der Waals surface area contributed by atoms with Crippen molar-refractivity contribution in [2.24, 2.45) is 5.73 Å². The number of phenols is 1. The van der Waals surface area contributed by atoms with Crippen LogP contribution < -0.4 is 16.4 Å². The van der Waals surface area contributed by atoms with Crippen molar-refractivity contribution in [3.63, 3.8) is 0 Å². The number of hydrogen-bond donors (Lipinski definition) is 7. The van der Waals surface area contributed by atoms with Gasteiger partial charge in [0.2, 0.25) is 5.91 Å². The Labute approximate surface area is 227 Å². The van der Waals surface area contributed by atoms with Crippen LogP contribution in [0.4, 0.5) is 11.4 Å². The third-order valence-corrected chi connectivity index (χ3v) is 7.76. The summed E-state index contributed by atoms with van der Waals surface area (Å²) in [4.78, 5) is 39.8. The van der Waals surface area contributed by atoms with Crippen LogP contribution >= 0.6 is 0 Å². The SMILES string of the molecule is CC(O)[C@]12O[C@]13c1cc(O)c4c(c1N[C@H]2C#C/C=C\C#C[C@H]3O)C(=O)c1cc(NC(=O)[C@@H](N)CO)ccc1C4=O. The fourth-order valence-electron chi connectivity index (χ4n) is 5.84. The lowest BCUT2D eigenvalue weighted by Gasteiger charge is -2.37. The van der Waals surface area contributed by atoms with Crippen molar-refractivity contribution in [2.45, 2.75) is 42.4 Å². The lowest BCUT2D eigenvalue weighted by molar-refractivity contribution is -0.118. The predicted octanol–water partition coefficient (Wildman–Crippen LogP) is -0.498. The maximum atomic E-state index is 14.0. The number of phenolic OH excluding ortho intramolecular Hbond substituents is 1. The Morgan fingerprint density at radius 2 is 1.85 bits per heavy atom. The molecule has 2 aromatic rings. The average molecular weight is 542 g/mol. The number of fused-ring (bicyclic) bond motifs is 4. The number of carbonyl (C=O) groups excluding carboxylic acids is 3. The second-order valence-corrected chi connectivity index (χ2v) is 9.96. The van der Waals surface area contributed by atoms with Crippen LogP contribution in [0.5, 0.6) is 5.75 Å². The average Bonchev–Trinajstić information content (AvgIpc) is 3.66. The first-order valence-corrected chi connectivity index (χ1v) is 12.4. The molecule has 0 radical (unpaired) electrons. The highest BCUT2D eigenvalue weighted by atomic mass is 16.7. The van der Waals surface area contributed by atoms with Gasteiger partial charge in [0.05, 0.1) is 29.5 Å². The summed E-state index contributed by atoms with van der Waals surface area (Å²) in [5, 5.41) is 47.9. The van der Waals surface area contributed by atoms with E-state index in [-0.39, 0.29) is 39.2 Å². The van der Waals surface area contributed by atoms with Gasteiger partial charge < -0.3 is 41.5 Å². The van der Waals surface area contributed by atoms with Crippen molar-refractivity contribution in [1.82, 2.24) is 0 Å². The van der Waals surface area contributed by atoms with E-state index in [1.807, 2.05) is 0 Å². The first kappa shape index (κ1) is 25.8. The number of rotatable bonds is 4. The molecule has 6 rings (SSSR count). The third-order valence-electron chi connectivity index (χ3n) is 7.76. The van der Waals surface area contributed by atoms with Crippen LogP contribution in [0.15, 0.2) is 36.4 Å². The number of ketones is 2. The fourth-order valence-corrected chi connectivity index (χ4v) is 5.84. The van der Waals surface area contributed by atoms with E-state index in [1.165, 1.54) is 43.3 Å². The van der Waals surface area contributed by atoms with E-state index >= 15 is 0 Å². The minimum Gasteiger partial charge on any atom is -0.507 e. The Bertz CT molecular complexity index is 1690. The van der Waals surface area contributed by atoms with Crippen LogP contribution in [0.1, 0.15) is 44.3 Å². The van der Waals surface area contributed by atoms with Gasteiger partial charge in [0.15, 0.2) is 28.9 Å². The summed E-state index contributed by atoms with van der Waals surface area (Å²) in [6.07, 6.45) is 0.262. The molecule has 1 amide bonds. The lowest BCUT2D eigenvalue weighted by atomic mass is 9.69. The van der Waals surface area contributed by atoms with Gasteiger partial charge in [-0.25, -0.2) is 0 Å². The summed E-state index contributed by atoms with van der Waals surface area (Å²) in [6.45, 7) is 0.888. The van der Waals surface area contributed by atoms with Gasteiger partial charge in [-0.1, -0.05) is 23.7 Å². The molecule has 4 aliphatic rings. The van der Waals surface area contributed by atoms with E-state index in [4.69, 9.17) is 15.6 Å². The molecule has 0 spiro atoms. The monoisotopic (exact) mass is 541 g/mol. The van der Waals surface area contributed by atoms with Crippen molar-refractivity contribution in [2.75, 3.05) is 17.2 Å². The number of epoxide rings is 1. The summed E-state index contributed by atoms with van der Waals surface area (Å²) in [5.41, 5.74) is 2.35. The molecular formula is C29H23N3O8. The molecule has 2 aliphatic heterocycles. The highest BCUT2D eigenvalue weighted by molar-refractivity contribution is 6.31. The Hall–Kier alpha value is -4.49. The number of allylic oxidation sites excluding steroid dienone is 2. The molecule has 6 atom stereocenters. The highest BCUT2D eigenvalue weighted by Gasteiger charge is 2.82. The molecule has 8 N–H and O–H groups in total. The van der Waals surface area contributed by atoms with E-state index in [2.05, 4.69) is 34.3 Å². The maximum Gasteiger partial charge on any atom is 0.243 e. The summed E-state index contributed by atoms with van der Waals surface area (Å²) >= 11 is 0. The second kappa shape index (κ2) is 8.76. The smallest absolute Gasteiger partial charge is 0.243 e. The van der Waals surface area contributed by atoms with Crippen LogP contribution in [0.3, 0.4) is 0 Å². The van der Waals surface area contributed by atoms with Crippen molar-refractivity contribution in [3.05, 3.63) is 64.2 Å². The predicted molar refractivity (Wildman–Crippen MR) is 140 cm³/mol. The van der Waals surface area contributed by atoms with Crippen LogP contribution in [0.25, 0.3) is 0 Å². The minimum atomic E-state index is -1.67. The Kier molecular flexibility index (Phi) is 5.64. The Balaban J connectivity index is 1.55. The van der Waals surface area contributed by atoms with Gasteiger partial charge in [-0.3, -0.25) is 14.4 Å². The zero-order chi connectivity index (χ0) is 28.6. The first-order valence-electron chi connectivity index (χ1n) is 12.4. The van der Waals surface area contributed by atoms with Gasteiger partial charge in [-0.05, 0) is 43.3 Å². The van der Waals surface area contributed by atoms with Crippen molar-refractivity contribution >= 4 is 28.8 Å². The molecule has 2 bridgehead atoms. The van der Waals surface area contributed by atoms with E-state index in [9.17, 15) is 29.7 Å². The number of nitrogens with one attached hydrogen (secondary N) is 2. The highest BCUT2D eigenvalue weighted by Crippen LogP contribution is 2.67. The fraction of sp³-hybridized carbons (Fsp3) is 0.276. The topological polar surface area (TPSA) is 195 Å². The van der Waals surface area contributed by atoms with Crippen LogP contribution in [-0.2, 0) is 15.1 Å². The van der Waals surface area contributed by atoms with Crippen molar-refractivity contribution in [3.8, 4) is 29.4 Å². The number of ether oxygens (including phenoxy) is 1. The number of carbonyl (C=O) groups is 3. The molecule has 0 saturated carbocycles. The molecule has 40 heavy (non-hydrogen) atoms. The number of aromatic hydroxyl groups is 1. The second-order valence-electron chi connectivity index (χ2n) is 9.96. The standard InChI is InChI=1S/C29H23N3O8/c1-13(34)28-20-6-4-2-3-5-7-21(36)29(28,40-28)17-11-19(35)22-23(24(17)32-20)26(38)16-10-14(8-9-15(16)25(22)37)31-27(39)18(30)12-33/h2-3,8-11,13,18,20-21,32-36H,12,30H2,1H3,(H,31,39)/b3-2-/t13?,18-,20-,21+,28+,29-/m0/s1. The lowest BCUT2D eigenvalue weighted by Crippen LogP contribution is -2.54. The van der Waals surface area contributed by atoms with Crippen LogP contribution in [0, 0.1) is 23.7 Å². The number of benzene rings is 2. The van der Waals surface area contributed by atoms with Gasteiger partial charge in [0.1, 0.15) is 17.8 Å². The molecule has 1 saturated heterocycles. The summed E-state index contributed by atoms with van der Waals surface area (Å²) in [7, 11) is 0. The van der Waals surface area contributed by atoms with Crippen molar-refractivity contribution in [1.29, 1.82) is 0 Å². The minimum absolute atomic E-state index is 0.00510. The Morgan fingerprint density at radius 3 is 2.55 bits per heavy atom. The van der Waals surface area contributed by atoms with Crippen LogP contribution in [-0.4, -0.2) is 74.4 Å². The first-order chi connectivity index (χ1) is 19.1. The van der Waals surface area contributed by atoms with E-state index in [0.717, 1.165) is 0 Å². The molecule has 11 heteroatoms. The molecule has 2 aromatic carbocycles. The normalized spacial score (nSPS) is 28.8. The molecule has 202 valence electrons. The largest absolute Gasteiger partial charge is 0.507 e. The molecule has 2 aliphatic carbocycles. The van der Waals surface area contributed by atoms with Gasteiger partial charge in [-0.2, -0.15) is 0 Å².